The van der Waals surface area contributed by atoms with Crippen LogP contribution in [0.5, 0.6) is 0 Å². The Kier molecular flexibility index (Phi) is 5.76. The van der Waals surface area contributed by atoms with Gasteiger partial charge in [-0.1, -0.05) is 36.4 Å². The predicted octanol–water partition coefficient (Wildman–Crippen LogP) is 4.62. The Morgan fingerprint density at radius 1 is 1.16 bits per heavy atom. The van der Waals surface area contributed by atoms with Crippen LogP contribution in [-0.4, -0.2) is 40.2 Å². The summed E-state index contributed by atoms with van der Waals surface area (Å²) in [7, 11) is 1.82. The van der Waals surface area contributed by atoms with E-state index in [9.17, 15) is 9.18 Å². The molecule has 2 aromatic carbocycles. The minimum absolute atomic E-state index is 0.0883. The van der Waals surface area contributed by atoms with Crippen LogP contribution in [-0.2, 0) is 20.0 Å². The van der Waals surface area contributed by atoms with Crippen LogP contribution in [0.4, 0.5) is 4.39 Å². The van der Waals surface area contributed by atoms with Crippen molar-refractivity contribution in [3.63, 3.8) is 0 Å². The van der Waals surface area contributed by atoms with Gasteiger partial charge in [0.25, 0.3) is 5.91 Å². The molecule has 0 bridgehead atoms. The zero-order valence-corrected chi connectivity index (χ0v) is 18.8. The number of hydrogen-bond donors (Lipinski definition) is 1. The third-order valence-corrected chi connectivity index (χ3v) is 7.21. The Morgan fingerprint density at radius 3 is 2.78 bits per heavy atom. The first-order valence-electron chi connectivity index (χ1n) is 10.9. The van der Waals surface area contributed by atoms with Crippen molar-refractivity contribution in [1.29, 1.82) is 0 Å². The van der Waals surface area contributed by atoms with Crippen LogP contribution < -0.4 is 5.32 Å². The molecule has 0 spiro atoms. The number of thiophene rings is 1. The fraction of sp³-hybridized carbons (Fsp3) is 0.280. The molecule has 0 atom stereocenters. The number of rotatable bonds is 6. The van der Waals surface area contributed by atoms with Gasteiger partial charge in [-0.05, 0) is 42.2 Å². The van der Waals surface area contributed by atoms with E-state index in [0.29, 0.717) is 22.7 Å². The highest BCUT2D eigenvalue weighted by Crippen LogP contribution is 2.34. The lowest BCUT2D eigenvalue weighted by Gasteiger charge is -2.28. The van der Waals surface area contributed by atoms with Gasteiger partial charge >= 0.3 is 0 Å². The number of carbonyl (C=O) groups is 1. The van der Waals surface area contributed by atoms with Gasteiger partial charge in [0.2, 0.25) is 0 Å². The SMILES string of the molecule is Cn1nc(-c2ccccc2F)c2cc(C(=O)NCCCN3CCc4ccccc4C3)sc21. The molecule has 1 amide bonds. The molecule has 32 heavy (non-hydrogen) atoms. The van der Waals surface area contributed by atoms with E-state index in [4.69, 9.17) is 0 Å². The molecule has 7 heteroatoms. The standard InChI is InChI=1S/C25H25FN4OS/c1-29-25-20(23(28-29)19-9-4-5-10-21(19)26)15-22(32-25)24(31)27-12-6-13-30-14-11-17-7-2-3-8-18(17)16-30/h2-5,7-10,15H,6,11-14,16H2,1H3,(H,27,31). The van der Waals surface area contributed by atoms with Crippen molar-refractivity contribution in [3.8, 4) is 11.3 Å². The molecular weight excluding hydrogens is 423 g/mol. The molecule has 164 valence electrons. The van der Waals surface area contributed by atoms with E-state index in [1.54, 1.807) is 22.9 Å². The van der Waals surface area contributed by atoms with Crippen molar-refractivity contribution in [2.75, 3.05) is 19.6 Å². The van der Waals surface area contributed by atoms with Gasteiger partial charge < -0.3 is 5.32 Å². The van der Waals surface area contributed by atoms with Crippen molar-refractivity contribution < 1.29 is 9.18 Å². The number of nitrogens with one attached hydrogen (secondary N) is 1. The summed E-state index contributed by atoms with van der Waals surface area (Å²) >= 11 is 1.39. The van der Waals surface area contributed by atoms with Gasteiger partial charge in [-0.15, -0.1) is 11.3 Å². The molecule has 1 aliphatic heterocycles. The molecule has 2 aromatic heterocycles. The number of aromatic nitrogens is 2. The molecule has 3 heterocycles. The Morgan fingerprint density at radius 2 is 1.94 bits per heavy atom. The summed E-state index contributed by atoms with van der Waals surface area (Å²) < 4.78 is 16.0. The number of carbonyl (C=O) groups excluding carboxylic acids is 1. The smallest absolute Gasteiger partial charge is 0.261 e. The topological polar surface area (TPSA) is 50.2 Å². The fourth-order valence-corrected chi connectivity index (χ4v) is 5.33. The molecule has 5 rings (SSSR count). The zero-order valence-electron chi connectivity index (χ0n) is 18.0. The van der Waals surface area contributed by atoms with Crippen LogP contribution in [0.25, 0.3) is 21.5 Å². The second kappa shape index (κ2) is 8.84. The molecule has 0 saturated carbocycles. The number of fused-ring (bicyclic) bond motifs is 2. The van der Waals surface area contributed by atoms with Gasteiger partial charge in [-0.3, -0.25) is 14.4 Å². The number of amides is 1. The maximum atomic E-state index is 14.3. The molecule has 0 fully saturated rings. The van der Waals surface area contributed by atoms with Gasteiger partial charge in [0.15, 0.2) is 0 Å². The monoisotopic (exact) mass is 448 g/mol. The van der Waals surface area contributed by atoms with Gasteiger partial charge in [-0.2, -0.15) is 5.10 Å². The fourth-order valence-electron chi connectivity index (χ4n) is 4.34. The summed E-state index contributed by atoms with van der Waals surface area (Å²) in [5, 5.41) is 8.32. The lowest BCUT2D eigenvalue weighted by atomic mass is 10.00. The van der Waals surface area contributed by atoms with E-state index in [1.165, 1.54) is 28.5 Å². The van der Waals surface area contributed by atoms with Crippen molar-refractivity contribution in [2.24, 2.45) is 7.05 Å². The number of hydrogen-bond acceptors (Lipinski definition) is 4. The van der Waals surface area contributed by atoms with E-state index in [-0.39, 0.29) is 11.7 Å². The lowest BCUT2D eigenvalue weighted by Crippen LogP contribution is -2.33. The number of halogens is 1. The summed E-state index contributed by atoms with van der Waals surface area (Å²) in [4.78, 5) is 16.7. The van der Waals surface area contributed by atoms with E-state index in [2.05, 4.69) is 39.6 Å². The average molecular weight is 449 g/mol. The zero-order chi connectivity index (χ0) is 22.1. The number of aryl methyl sites for hydroxylation is 1. The Bertz CT molecular complexity index is 1280. The van der Waals surface area contributed by atoms with E-state index in [0.717, 1.165) is 42.7 Å². The van der Waals surface area contributed by atoms with Crippen molar-refractivity contribution in [2.45, 2.75) is 19.4 Å². The number of nitrogens with zero attached hydrogens (tertiary/aromatic N) is 3. The normalized spacial score (nSPS) is 13.9. The molecule has 4 aromatic rings. The van der Waals surface area contributed by atoms with E-state index >= 15 is 0 Å². The van der Waals surface area contributed by atoms with Crippen molar-refractivity contribution >= 4 is 27.5 Å². The summed E-state index contributed by atoms with van der Waals surface area (Å²) in [6.07, 6.45) is 1.99. The van der Waals surface area contributed by atoms with Crippen LogP contribution in [0.2, 0.25) is 0 Å². The first-order chi connectivity index (χ1) is 15.6. The highest BCUT2D eigenvalue weighted by molar-refractivity contribution is 7.20. The molecule has 0 unspecified atom stereocenters. The first-order valence-corrected chi connectivity index (χ1v) is 11.7. The van der Waals surface area contributed by atoms with Crippen molar-refractivity contribution in [1.82, 2.24) is 20.0 Å². The summed E-state index contributed by atoms with van der Waals surface area (Å²) in [5.41, 5.74) is 3.88. The van der Waals surface area contributed by atoms with E-state index < -0.39 is 0 Å². The molecule has 1 N–H and O–H groups in total. The Labute approximate surface area is 190 Å². The van der Waals surface area contributed by atoms with Gasteiger partial charge in [0.05, 0.1) is 4.88 Å². The predicted molar refractivity (Wildman–Crippen MR) is 126 cm³/mol. The minimum atomic E-state index is -0.315. The van der Waals surface area contributed by atoms with Gasteiger partial charge in [0.1, 0.15) is 16.3 Å². The molecular formula is C25H25FN4OS. The highest BCUT2D eigenvalue weighted by atomic mass is 32.1. The van der Waals surface area contributed by atoms with Crippen LogP contribution in [0, 0.1) is 5.82 Å². The van der Waals surface area contributed by atoms with Crippen LogP contribution in [0.1, 0.15) is 27.2 Å². The van der Waals surface area contributed by atoms with Crippen molar-refractivity contribution in [3.05, 3.63) is 76.4 Å². The second-order valence-electron chi connectivity index (χ2n) is 8.19. The molecule has 1 aliphatic rings. The number of benzene rings is 2. The Balaban J connectivity index is 1.20. The third kappa shape index (κ3) is 4.06. The highest BCUT2D eigenvalue weighted by Gasteiger charge is 2.20. The average Bonchev–Trinajstić information content (AvgIpc) is 3.38. The molecule has 0 aliphatic carbocycles. The summed E-state index contributed by atoms with van der Waals surface area (Å²) in [6.45, 7) is 3.63. The second-order valence-corrected chi connectivity index (χ2v) is 9.22. The van der Waals surface area contributed by atoms with Crippen LogP contribution in [0.15, 0.2) is 54.6 Å². The largest absolute Gasteiger partial charge is 0.351 e. The first kappa shape index (κ1) is 20.8. The lowest BCUT2D eigenvalue weighted by molar-refractivity contribution is 0.0955. The molecule has 0 radical (unpaired) electrons. The molecule has 0 saturated heterocycles. The maximum Gasteiger partial charge on any atom is 0.261 e. The van der Waals surface area contributed by atoms with E-state index in [1.807, 2.05) is 13.1 Å². The maximum absolute atomic E-state index is 14.3. The Hall–Kier alpha value is -3.03. The van der Waals surface area contributed by atoms with Crippen LogP contribution in [0.3, 0.4) is 0 Å². The quantitative estimate of drug-likeness (QED) is 0.438. The van der Waals surface area contributed by atoms with Gasteiger partial charge in [0, 0.05) is 44.2 Å². The summed E-state index contributed by atoms with van der Waals surface area (Å²) in [6, 6.07) is 17.0. The minimum Gasteiger partial charge on any atom is -0.351 e. The van der Waals surface area contributed by atoms with Gasteiger partial charge in [-0.25, -0.2) is 4.39 Å². The molecule has 5 nitrogen and oxygen atoms in total. The third-order valence-electron chi connectivity index (χ3n) is 6.01. The van der Waals surface area contributed by atoms with Crippen LogP contribution >= 0.6 is 11.3 Å². The summed E-state index contributed by atoms with van der Waals surface area (Å²) in [5.74, 6) is -0.403.